The van der Waals surface area contributed by atoms with E-state index in [-0.39, 0.29) is 17.6 Å². The van der Waals surface area contributed by atoms with Crippen molar-refractivity contribution in [3.63, 3.8) is 0 Å². The van der Waals surface area contributed by atoms with Gasteiger partial charge in [0.2, 0.25) is 0 Å². The highest BCUT2D eigenvalue weighted by Gasteiger charge is 2.47. The maximum Gasteiger partial charge on any atom is 0.304 e. The Kier molecular flexibility index (Phi) is 2.73. The quantitative estimate of drug-likeness (QED) is 0.841. The van der Waals surface area contributed by atoms with Crippen LogP contribution in [0.2, 0.25) is 0 Å². The van der Waals surface area contributed by atoms with Crippen LogP contribution < -0.4 is 4.74 Å². The molecule has 0 amide bonds. The SMILES string of the molecule is COc1ccc(C2(CC(=O)O)CC2)c(O)c1C. The summed E-state index contributed by atoms with van der Waals surface area (Å²) in [7, 11) is 1.55. The van der Waals surface area contributed by atoms with Gasteiger partial charge in [0.05, 0.1) is 13.5 Å². The highest BCUT2D eigenvalue weighted by molar-refractivity contribution is 5.71. The van der Waals surface area contributed by atoms with Gasteiger partial charge in [0.15, 0.2) is 0 Å². The van der Waals surface area contributed by atoms with Gasteiger partial charge in [-0.15, -0.1) is 0 Å². The first-order valence-corrected chi connectivity index (χ1v) is 5.59. The molecule has 1 aliphatic carbocycles. The molecule has 92 valence electrons. The molecule has 1 aromatic rings. The van der Waals surface area contributed by atoms with Gasteiger partial charge in [-0.3, -0.25) is 4.79 Å². The molecule has 1 saturated carbocycles. The van der Waals surface area contributed by atoms with E-state index in [2.05, 4.69) is 0 Å². The number of methoxy groups -OCH3 is 1. The predicted molar refractivity (Wildman–Crippen MR) is 62.6 cm³/mol. The summed E-state index contributed by atoms with van der Waals surface area (Å²) in [5.74, 6) is -0.0316. The van der Waals surface area contributed by atoms with Crippen LogP contribution in [0, 0.1) is 6.92 Å². The average molecular weight is 236 g/mol. The Balaban J connectivity index is 2.40. The van der Waals surface area contributed by atoms with E-state index in [4.69, 9.17) is 9.84 Å². The lowest BCUT2D eigenvalue weighted by atomic mass is 9.90. The van der Waals surface area contributed by atoms with Crippen LogP contribution in [0.1, 0.15) is 30.4 Å². The zero-order chi connectivity index (χ0) is 12.6. The van der Waals surface area contributed by atoms with Crippen LogP contribution in [0.15, 0.2) is 12.1 Å². The average Bonchev–Trinajstić information content (AvgIpc) is 3.01. The molecular formula is C13H16O4. The first-order valence-electron chi connectivity index (χ1n) is 5.59. The number of aliphatic carboxylic acids is 1. The number of phenols is 1. The maximum atomic E-state index is 10.8. The summed E-state index contributed by atoms with van der Waals surface area (Å²) in [4.78, 5) is 10.8. The van der Waals surface area contributed by atoms with E-state index in [1.54, 1.807) is 26.2 Å². The second-order valence-electron chi connectivity index (χ2n) is 4.64. The molecule has 0 heterocycles. The van der Waals surface area contributed by atoms with Crippen molar-refractivity contribution in [2.75, 3.05) is 7.11 Å². The number of rotatable bonds is 4. The molecule has 2 N–H and O–H groups in total. The highest BCUT2D eigenvalue weighted by Crippen LogP contribution is 2.54. The lowest BCUT2D eigenvalue weighted by Crippen LogP contribution is -2.13. The van der Waals surface area contributed by atoms with Crippen molar-refractivity contribution in [1.29, 1.82) is 0 Å². The zero-order valence-electron chi connectivity index (χ0n) is 9.99. The van der Waals surface area contributed by atoms with Crippen molar-refractivity contribution < 1.29 is 19.7 Å². The number of carboxylic acids is 1. The van der Waals surface area contributed by atoms with Gasteiger partial charge in [-0.25, -0.2) is 0 Å². The van der Waals surface area contributed by atoms with Crippen molar-refractivity contribution >= 4 is 5.97 Å². The van der Waals surface area contributed by atoms with Crippen LogP contribution in [0.25, 0.3) is 0 Å². The third-order valence-electron chi connectivity index (χ3n) is 3.52. The van der Waals surface area contributed by atoms with Crippen LogP contribution in [0.3, 0.4) is 0 Å². The Bertz CT molecular complexity index is 461. The largest absolute Gasteiger partial charge is 0.507 e. The van der Waals surface area contributed by atoms with Gasteiger partial charge in [-0.05, 0) is 25.8 Å². The molecule has 0 saturated heterocycles. The van der Waals surface area contributed by atoms with Gasteiger partial charge < -0.3 is 14.9 Å². The van der Waals surface area contributed by atoms with Crippen LogP contribution in [-0.2, 0) is 10.2 Å². The number of phenolic OH excluding ortho intramolecular Hbond substituents is 1. The lowest BCUT2D eigenvalue weighted by molar-refractivity contribution is -0.137. The molecule has 2 rings (SSSR count). The van der Waals surface area contributed by atoms with Crippen LogP contribution in [-0.4, -0.2) is 23.3 Å². The summed E-state index contributed by atoms with van der Waals surface area (Å²) >= 11 is 0. The number of carbonyl (C=O) groups is 1. The monoisotopic (exact) mass is 236 g/mol. The van der Waals surface area contributed by atoms with E-state index in [0.29, 0.717) is 11.3 Å². The molecule has 0 aromatic heterocycles. The van der Waals surface area contributed by atoms with Crippen LogP contribution in [0.5, 0.6) is 11.5 Å². The maximum absolute atomic E-state index is 10.8. The van der Waals surface area contributed by atoms with E-state index in [9.17, 15) is 9.90 Å². The Hall–Kier alpha value is -1.71. The standard InChI is InChI=1S/C13H16O4/c1-8-10(17-2)4-3-9(12(8)16)13(5-6-13)7-11(14)15/h3-4,16H,5-7H2,1-2H3,(H,14,15). The summed E-state index contributed by atoms with van der Waals surface area (Å²) in [5.41, 5.74) is 1.03. The van der Waals surface area contributed by atoms with E-state index in [1.165, 1.54) is 0 Å². The Morgan fingerprint density at radius 1 is 1.47 bits per heavy atom. The summed E-state index contributed by atoms with van der Waals surface area (Å²) < 4.78 is 5.12. The van der Waals surface area contributed by atoms with Gasteiger partial charge >= 0.3 is 5.97 Å². The van der Waals surface area contributed by atoms with E-state index < -0.39 is 5.97 Å². The number of hydrogen-bond donors (Lipinski definition) is 2. The number of ether oxygens (including phenoxy) is 1. The molecule has 17 heavy (non-hydrogen) atoms. The van der Waals surface area contributed by atoms with E-state index in [1.807, 2.05) is 0 Å². The minimum atomic E-state index is -0.824. The van der Waals surface area contributed by atoms with Crippen LogP contribution >= 0.6 is 0 Å². The first-order chi connectivity index (χ1) is 8.00. The molecule has 0 unspecified atom stereocenters. The molecule has 0 aliphatic heterocycles. The second-order valence-corrected chi connectivity index (χ2v) is 4.64. The minimum Gasteiger partial charge on any atom is -0.507 e. The van der Waals surface area contributed by atoms with Gasteiger partial charge in [0.25, 0.3) is 0 Å². The molecule has 4 heteroatoms. The number of carboxylic acid groups (broad SMARTS) is 1. The third-order valence-corrected chi connectivity index (χ3v) is 3.52. The molecule has 1 fully saturated rings. The number of benzene rings is 1. The fourth-order valence-electron chi connectivity index (χ4n) is 2.31. The fourth-order valence-corrected chi connectivity index (χ4v) is 2.31. The lowest BCUT2D eigenvalue weighted by Gasteiger charge is -2.17. The minimum absolute atomic E-state index is 0.0757. The number of aromatic hydroxyl groups is 1. The van der Waals surface area contributed by atoms with Gasteiger partial charge in [0, 0.05) is 16.5 Å². The van der Waals surface area contributed by atoms with Gasteiger partial charge in [-0.1, -0.05) is 6.07 Å². The molecular weight excluding hydrogens is 220 g/mol. The Morgan fingerprint density at radius 2 is 2.12 bits per heavy atom. The van der Waals surface area contributed by atoms with E-state index >= 15 is 0 Å². The fraction of sp³-hybridized carbons (Fsp3) is 0.462. The predicted octanol–water partition coefficient (Wildman–Crippen LogP) is 2.22. The summed E-state index contributed by atoms with van der Waals surface area (Å²) in [6.07, 6.45) is 1.71. The van der Waals surface area contributed by atoms with Gasteiger partial charge in [-0.2, -0.15) is 0 Å². The summed E-state index contributed by atoms with van der Waals surface area (Å²) in [5, 5.41) is 19.0. The molecule has 0 spiro atoms. The topological polar surface area (TPSA) is 66.8 Å². The number of hydrogen-bond acceptors (Lipinski definition) is 3. The van der Waals surface area contributed by atoms with E-state index in [0.717, 1.165) is 18.4 Å². The molecule has 0 atom stereocenters. The Labute approximate surface area is 99.8 Å². The van der Waals surface area contributed by atoms with Crippen LogP contribution in [0.4, 0.5) is 0 Å². The van der Waals surface area contributed by atoms with Crippen molar-refractivity contribution in [3.05, 3.63) is 23.3 Å². The summed E-state index contributed by atoms with van der Waals surface area (Å²) in [6.45, 7) is 1.77. The highest BCUT2D eigenvalue weighted by atomic mass is 16.5. The third kappa shape index (κ3) is 1.95. The van der Waals surface area contributed by atoms with Crippen molar-refractivity contribution in [2.45, 2.75) is 31.6 Å². The molecule has 1 aromatic carbocycles. The first kappa shape index (κ1) is 11.8. The molecule has 0 radical (unpaired) electrons. The van der Waals surface area contributed by atoms with Crippen molar-refractivity contribution in [2.24, 2.45) is 0 Å². The smallest absolute Gasteiger partial charge is 0.304 e. The van der Waals surface area contributed by atoms with Crippen molar-refractivity contribution in [3.8, 4) is 11.5 Å². The normalized spacial score (nSPS) is 16.6. The summed E-state index contributed by atoms with van der Waals surface area (Å²) in [6, 6.07) is 3.56. The zero-order valence-corrected chi connectivity index (χ0v) is 9.99. The molecule has 0 bridgehead atoms. The molecule has 1 aliphatic rings. The van der Waals surface area contributed by atoms with Gasteiger partial charge in [0.1, 0.15) is 11.5 Å². The molecule has 4 nitrogen and oxygen atoms in total. The second kappa shape index (κ2) is 3.95. The Morgan fingerprint density at radius 3 is 2.59 bits per heavy atom. The van der Waals surface area contributed by atoms with Crippen molar-refractivity contribution in [1.82, 2.24) is 0 Å².